The zero-order chi connectivity index (χ0) is 15.1. The number of ether oxygens (including phenoxy) is 1. The molecular weight excluding hydrogens is 256 g/mol. The topological polar surface area (TPSA) is 67.4 Å². The molecule has 0 aromatic heterocycles. The van der Waals surface area contributed by atoms with Gasteiger partial charge in [0.25, 0.3) is 0 Å². The van der Waals surface area contributed by atoms with Gasteiger partial charge in [-0.3, -0.25) is 0 Å². The summed E-state index contributed by atoms with van der Waals surface area (Å²) in [5.41, 5.74) is 0. The van der Waals surface area contributed by atoms with Crippen LogP contribution in [0.2, 0.25) is 0 Å². The van der Waals surface area contributed by atoms with Crippen LogP contribution in [0, 0.1) is 11.8 Å². The molecule has 2 amide bonds. The van der Waals surface area contributed by atoms with Gasteiger partial charge in [-0.05, 0) is 24.7 Å². The number of carbonyl (C=O) groups is 2. The third-order valence-electron chi connectivity index (χ3n) is 4.38. The highest BCUT2D eigenvalue weighted by Crippen LogP contribution is 2.23. The summed E-state index contributed by atoms with van der Waals surface area (Å²) >= 11 is 0. The number of urea groups is 1. The van der Waals surface area contributed by atoms with Crippen LogP contribution in [0.3, 0.4) is 0 Å². The first-order chi connectivity index (χ1) is 9.49. The molecule has 1 saturated carbocycles. The van der Waals surface area contributed by atoms with E-state index in [1.54, 1.807) is 0 Å². The van der Waals surface area contributed by atoms with E-state index in [2.05, 4.69) is 17.6 Å². The molecule has 5 nitrogen and oxygen atoms in total. The second kappa shape index (κ2) is 8.12. The highest BCUT2D eigenvalue weighted by atomic mass is 16.5. The van der Waals surface area contributed by atoms with Crippen LogP contribution < -0.4 is 10.6 Å². The molecule has 0 heterocycles. The lowest BCUT2D eigenvalue weighted by Gasteiger charge is -2.30. The zero-order valence-corrected chi connectivity index (χ0v) is 13.1. The van der Waals surface area contributed by atoms with Gasteiger partial charge in [0.2, 0.25) is 0 Å². The largest absolute Gasteiger partial charge is 0.467 e. The molecule has 0 spiro atoms. The summed E-state index contributed by atoms with van der Waals surface area (Å²) in [6.45, 7) is 6.09. The normalized spacial score (nSPS) is 25.4. The van der Waals surface area contributed by atoms with E-state index in [1.807, 2.05) is 13.8 Å². The van der Waals surface area contributed by atoms with E-state index in [-0.39, 0.29) is 24.0 Å². The molecule has 1 aliphatic rings. The lowest BCUT2D eigenvalue weighted by Crippen LogP contribution is -2.53. The standard InChI is InChI=1S/C15H28N2O3/c1-5-10(2)13(14(18)20-4)17-15(19)16-12-9-7-6-8-11(12)3/h10-13H,5-9H2,1-4H3,(H2,16,17,19)/t10-,11-,12-,13-/m0/s1. The predicted molar refractivity (Wildman–Crippen MR) is 78.3 cm³/mol. The molecule has 20 heavy (non-hydrogen) atoms. The van der Waals surface area contributed by atoms with E-state index in [0.29, 0.717) is 5.92 Å². The van der Waals surface area contributed by atoms with Crippen molar-refractivity contribution in [3.05, 3.63) is 0 Å². The maximum absolute atomic E-state index is 12.1. The number of nitrogens with one attached hydrogen (secondary N) is 2. The van der Waals surface area contributed by atoms with Crippen LogP contribution in [-0.4, -0.2) is 31.2 Å². The second-order valence-electron chi connectivity index (χ2n) is 5.87. The third kappa shape index (κ3) is 4.69. The Morgan fingerprint density at radius 3 is 2.50 bits per heavy atom. The quantitative estimate of drug-likeness (QED) is 0.762. The van der Waals surface area contributed by atoms with Crippen molar-refractivity contribution in [3.8, 4) is 0 Å². The molecule has 4 atom stereocenters. The van der Waals surface area contributed by atoms with E-state index in [4.69, 9.17) is 4.74 Å². The van der Waals surface area contributed by atoms with Gasteiger partial charge in [-0.2, -0.15) is 0 Å². The van der Waals surface area contributed by atoms with Crippen molar-refractivity contribution in [1.82, 2.24) is 10.6 Å². The minimum atomic E-state index is -0.580. The van der Waals surface area contributed by atoms with E-state index >= 15 is 0 Å². The van der Waals surface area contributed by atoms with Crippen molar-refractivity contribution in [3.63, 3.8) is 0 Å². The first-order valence-corrected chi connectivity index (χ1v) is 7.64. The number of methoxy groups -OCH3 is 1. The molecule has 0 saturated heterocycles. The number of carbonyl (C=O) groups excluding carboxylic acids is 2. The van der Waals surface area contributed by atoms with Crippen LogP contribution in [-0.2, 0) is 9.53 Å². The summed E-state index contributed by atoms with van der Waals surface area (Å²) < 4.78 is 4.77. The molecule has 5 heteroatoms. The number of hydrogen-bond acceptors (Lipinski definition) is 3. The van der Waals surface area contributed by atoms with Gasteiger partial charge in [0, 0.05) is 6.04 Å². The summed E-state index contributed by atoms with van der Waals surface area (Å²) in [6, 6.07) is -0.637. The molecule has 0 unspecified atom stereocenters. The molecule has 0 aliphatic heterocycles. The van der Waals surface area contributed by atoms with Gasteiger partial charge in [-0.25, -0.2) is 9.59 Å². The Kier molecular flexibility index (Phi) is 6.82. The molecule has 1 aliphatic carbocycles. The van der Waals surface area contributed by atoms with Crippen LogP contribution >= 0.6 is 0 Å². The molecule has 0 bridgehead atoms. The monoisotopic (exact) mass is 284 g/mol. The third-order valence-corrected chi connectivity index (χ3v) is 4.38. The average Bonchev–Trinajstić information content (AvgIpc) is 2.45. The van der Waals surface area contributed by atoms with Gasteiger partial charge in [-0.1, -0.05) is 40.0 Å². The van der Waals surface area contributed by atoms with Crippen LogP contribution in [0.15, 0.2) is 0 Å². The minimum Gasteiger partial charge on any atom is -0.467 e. The number of hydrogen-bond donors (Lipinski definition) is 2. The summed E-state index contributed by atoms with van der Waals surface area (Å²) in [6.07, 6.45) is 5.36. The second-order valence-corrected chi connectivity index (χ2v) is 5.87. The first-order valence-electron chi connectivity index (χ1n) is 7.64. The fraction of sp³-hybridized carbons (Fsp3) is 0.867. The molecule has 116 valence electrons. The van der Waals surface area contributed by atoms with Crippen molar-refractivity contribution >= 4 is 12.0 Å². The molecule has 0 aromatic rings. The molecule has 1 fully saturated rings. The smallest absolute Gasteiger partial charge is 0.328 e. The van der Waals surface area contributed by atoms with Gasteiger partial charge in [-0.15, -0.1) is 0 Å². The van der Waals surface area contributed by atoms with Crippen LogP contribution in [0.1, 0.15) is 52.9 Å². The van der Waals surface area contributed by atoms with Crippen molar-refractivity contribution in [2.45, 2.75) is 65.0 Å². The molecule has 1 rings (SSSR count). The lowest BCUT2D eigenvalue weighted by atomic mass is 9.86. The van der Waals surface area contributed by atoms with Gasteiger partial charge in [0.15, 0.2) is 0 Å². The number of esters is 1. The maximum atomic E-state index is 12.1. The first kappa shape index (κ1) is 16.8. The fourth-order valence-corrected chi connectivity index (χ4v) is 2.68. The van der Waals surface area contributed by atoms with Gasteiger partial charge in [0.05, 0.1) is 7.11 Å². The lowest BCUT2D eigenvalue weighted by molar-refractivity contribution is -0.144. The maximum Gasteiger partial charge on any atom is 0.328 e. The summed E-state index contributed by atoms with van der Waals surface area (Å²) in [4.78, 5) is 23.8. The molecular formula is C15H28N2O3. The summed E-state index contributed by atoms with van der Waals surface area (Å²) in [5.74, 6) is 0.165. The Morgan fingerprint density at radius 1 is 1.30 bits per heavy atom. The fourth-order valence-electron chi connectivity index (χ4n) is 2.68. The Balaban J connectivity index is 2.54. The SMILES string of the molecule is CC[C@H](C)[C@H](NC(=O)N[C@H]1CCCC[C@@H]1C)C(=O)OC. The minimum absolute atomic E-state index is 0.0528. The van der Waals surface area contributed by atoms with Gasteiger partial charge < -0.3 is 15.4 Å². The van der Waals surface area contributed by atoms with E-state index in [9.17, 15) is 9.59 Å². The Hall–Kier alpha value is -1.26. The van der Waals surface area contributed by atoms with Crippen molar-refractivity contribution in [2.75, 3.05) is 7.11 Å². The van der Waals surface area contributed by atoms with Crippen LogP contribution in [0.4, 0.5) is 4.79 Å². The highest BCUT2D eigenvalue weighted by molar-refractivity contribution is 5.83. The van der Waals surface area contributed by atoms with Gasteiger partial charge in [0.1, 0.15) is 6.04 Å². The van der Waals surface area contributed by atoms with Crippen molar-refractivity contribution in [2.24, 2.45) is 11.8 Å². The number of amides is 2. The average molecular weight is 284 g/mol. The van der Waals surface area contributed by atoms with Crippen molar-refractivity contribution in [1.29, 1.82) is 0 Å². The molecule has 0 aromatic carbocycles. The zero-order valence-electron chi connectivity index (χ0n) is 13.1. The van der Waals surface area contributed by atoms with Crippen LogP contribution in [0.5, 0.6) is 0 Å². The number of rotatable bonds is 5. The molecule has 0 radical (unpaired) electrons. The van der Waals surface area contributed by atoms with E-state index in [0.717, 1.165) is 25.7 Å². The predicted octanol–water partition coefficient (Wildman–Crippen LogP) is 2.45. The molecule has 2 N–H and O–H groups in total. The van der Waals surface area contributed by atoms with E-state index in [1.165, 1.54) is 13.5 Å². The summed E-state index contributed by atoms with van der Waals surface area (Å²) in [7, 11) is 1.35. The van der Waals surface area contributed by atoms with Crippen LogP contribution in [0.25, 0.3) is 0 Å². The van der Waals surface area contributed by atoms with Crippen molar-refractivity contribution < 1.29 is 14.3 Å². The Bertz CT molecular complexity index is 333. The highest BCUT2D eigenvalue weighted by Gasteiger charge is 2.28. The Morgan fingerprint density at radius 2 is 1.95 bits per heavy atom. The Labute approximate surface area is 121 Å². The van der Waals surface area contributed by atoms with Gasteiger partial charge >= 0.3 is 12.0 Å². The van der Waals surface area contributed by atoms with E-state index < -0.39 is 6.04 Å². The summed E-state index contributed by atoms with van der Waals surface area (Å²) in [5, 5.41) is 5.76.